The van der Waals surface area contributed by atoms with Gasteiger partial charge in [0.25, 0.3) is 0 Å². The van der Waals surface area contributed by atoms with Crippen molar-refractivity contribution in [2.24, 2.45) is 0 Å². The summed E-state index contributed by atoms with van der Waals surface area (Å²) >= 11 is 0. The Morgan fingerprint density at radius 2 is 1.86 bits per heavy atom. The van der Waals surface area contributed by atoms with Crippen LogP contribution in [0.3, 0.4) is 0 Å². The highest BCUT2D eigenvalue weighted by Crippen LogP contribution is 2.27. The van der Waals surface area contributed by atoms with Crippen LogP contribution in [0.1, 0.15) is 25.0 Å². The molecule has 1 unspecified atom stereocenters. The molecule has 1 aromatic rings. The maximum absolute atomic E-state index is 12.8. The molecular weight excluding hydrogens is 286 g/mol. The van der Waals surface area contributed by atoms with Crippen LogP contribution in [0.2, 0.25) is 0 Å². The third-order valence-electron chi connectivity index (χ3n) is 4.38. The summed E-state index contributed by atoms with van der Waals surface area (Å²) in [5.41, 5.74) is 8.25. The molecule has 0 spiro atoms. The second-order valence-corrected chi connectivity index (χ2v) is 7.72. The monoisotopic (exact) mass is 311 g/mol. The van der Waals surface area contributed by atoms with Crippen molar-refractivity contribution in [3.8, 4) is 0 Å². The smallest absolute Gasteiger partial charge is 0.245 e. The minimum absolute atomic E-state index is 0.228. The molecule has 2 N–H and O–H groups in total. The molecule has 1 aliphatic rings. The van der Waals surface area contributed by atoms with Gasteiger partial charge in [-0.3, -0.25) is 4.90 Å². The number of nitrogens with zero attached hydrogens (tertiary/aromatic N) is 2. The first-order valence-corrected chi connectivity index (χ1v) is 8.82. The quantitative estimate of drug-likeness (QED) is 0.861. The first kappa shape index (κ1) is 16.3. The van der Waals surface area contributed by atoms with Crippen molar-refractivity contribution in [2.75, 3.05) is 31.9 Å². The Labute approximate surface area is 127 Å². The molecule has 118 valence electrons. The highest BCUT2D eigenvalue weighted by atomic mass is 32.2. The third-order valence-corrected chi connectivity index (χ3v) is 6.30. The number of nitrogens with two attached hydrogens (primary N) is 1. The second kappa shape index (κ2) is 5.94. The van der Waals surface area contributed by atoms with Gasteiger partial charge in [0, 0.05) is 25.7 Å². The van der Waals surface area contributed by atoms with E-state index < -0.39 is 10.0 Å². The maximum atomic E-state index is 12.8. The second-order valence-electron chi connectivity index (χ2n) is 5.81. The molecule has 1 aliphatic heterocycles. The van der Waals surface area contributed by atoms with Crippen LogP contribution in [0, 0.1) is 13.8 Å². The van der Waals surface area contributed by atoms with E-state index in [1.807, 2.05) is 13.8 Å². The van der Waals surface area contributed by atoms with Gasteiger partial charge in [0.05, 0.1) is 5.69 Å². The Morgan fingerprint density at radius 3 is 2.43 bits per heavy atom. The minimum atomic E-state index is -3.51. The van der Waals surface area contributed by atoms with Crippen LogP contribution in [-0.2, 0) is 10.0 Å². The number of hydrogen-bond donors (Lipinski definition) is 1. The molecule has 1 aromatic carbocycles. The number of sulfonamides is 1. The van der Waals surface area contributed by atoms with Gasteiger partial charge in [-0.2, -0.15) is 4.31 Å². The number of aryl methyl sites for hydroxylation is 2. The number of benzene rings is 1. The van der Waals surface area contributed by atoms with Crippen molar-refractivity contribution < 1.29 is 8.42 Å². The maximum Gasteiger partial charge on any atom is 0.245 e. The minimum Gasteiger partial charge on any atom is -0.398 e. The Kier molecular flexibility index (Phi) is 4.60. The summed E-state index contributed by atoms with van der Waals surface area (Å²) in [6.07, 6.45) is 0. The van der Waals surface area contributed by atoms with E-state index in [0.29, 0.717) is 18.8 Å². The average Bonchev–Trinajstić information content (AvgIpc) is 2.42. The zero-order valence-electron chi connectivity index (χ0n) is 13.3. The van der Waals surface area contributed by atoms with Gasteiger partial charge in [-0.05, 0) is 50.6 Å². The van der Waals surface area contributed by atoms with E-state index >= 15 is 0 Å². The number of hydrogen-bond acceptors (Lipinski definition) is 4. The molecule has 0 aliphatic carbocycles. The fourth-order valence-electron chi connectivity index (χ4n) is 2.82. The van der Waals surface area contributed by atoms with E-state index in [9.17, 15) is 8.42 Å². The first-order valence-electron chi connectivity index (χ1n) is 7.38. The van der Waals surface area contributed by atoms with Crippen LogP contribution in [-0.4, -0.2) is 49.8 Å². The Morgan fingerprint density at radius 1 is 1.24 bits per heavy atom. The molecule has 6 heteroatoms. The normalized spacial score (nSPS) is 21.6. The SMILES string of the molecule is CCN1CCN(S(=O)(=O)c2cc(C)c(C)cc2N)CC1C. The summed E-state index contributed by atoms with van der Waals surface area (Å²) in [4.78, 5) is 2.53. The molecule has 1 atom stereocenters. The van der Waals surface area contributed by atoms with Crippen LogP contribution in [0.4, 0.5) is 5.69 Å². The van der Waals surface area contributed by atoms with E-state index in [-0.39, 0.29) is 10.9 Å². The van der Waals surface area contributed by atoms with Gasteiger partial charge in [0.1, 0.15) is 4.90 Å². The lowest BCUT2D eigenvalue weighted by molar-refractivity contribution is 0.135. The van der Waals surface area contributed by atoms with E-state index in [2.05, 4.69) is 18.7 Å². The molecule has 5 nitrogen and oxygen atoms in total. The molecule has 1 saturated heterocycles. The summed E-state index contributed by atoms with van der Waals surface area (Å²) in [5, 5.41) is 0. The standard InChI is InChI=1S/C15H25N3O2S/c1-5-17-6-7-18(10-13(17)4)21(19,20)15-9-12(3)11(2)8-14(15)16/h8-9,13H,5-7,10,16H2,1-4H3. The third kappa shape index (κ3) is 3.07. The zero-order valence-corrected chi connectivity index (χ0v) is 14.1. The number of nitrogen functional groups attached to an aromatic ring is 1. The van der Waals surface area contributed by atoms with Crippen molar-refractivity contribution in [3.63, 3.8) is 0 Å². The molecule has 0 amide bonds. The lowest BCUT2D eigenvalue weighted by atomic mass is 10.1. The van der Waals surface area contributed by atoms with Crippen LogP contribution in [0.5, 0.6) is 0 Å². The Bertz CT molecular complexity index is 628. The van der Waals surface area contributed by atoms with Gasteiger partial charge in [-0.25, -0.2) is 8.42 Å². The molecule has 0 radical (unpaired) electrons. The van der Waals surface area contributed by atoms with E-state index in [4.69, 9.17) is 5.73 Å². The molecule has 0 aromatic heterocycles. The fourth-order valence-corrected chi connectivity index (χ4v) is 4.52. The fraction of sp³-hybridized carbons (Fsp3) is 0.600. The summed E-state index contributed by atoms with van der Waals surface area (Å²) < 4.78 is 27.2. The van der Waals surface area contributed by atoms with Gasteiger partial charge < -0.3 is 5.73 Å². The highest BCUT2D eigenvalue weighted by Gasteiger charge is 2.32. The molecule has 0 bridgehead atoms. The highest BCUT2D eigenvalue weighted by molar-refractivity contribution is 7.89. The van der Waals surface area contributed by atoms with E-state index in [0.717, 1.165) is 24.2 Å². The molecule has 1 fully saturated rings. The summed E-state index contributed by atoms with van der Waals surface area (Å²) in [6.45, 7) is 10.8. The number of anilines is 1. The summed E-state index contributed by atoms with van der Waals surface area (Å²) in [7, 11) is -3.51. The summed E-state index contributed by atoms with van der Waals surface area (Å²) in [5.74, 6) is 0. The van der Waals surface area contributed by atoms with Crippen LogP contribution in [0.25, 0.3) is 0 Å². The largest absolute Gasteiger partial charge is 0.398 e. The lowest BCUT2D eigenvalue weighted by Crippen LogP contribution is -2.53. The molecular formula is C15H25N3O2S. The van der Waals surface area contributed by atoms with Crippen molar-refractivity contribution in [1.29, 1.82) is 0 Å². The lowest BCUT2D eigenvalue weighted by Gasteiger charge is -2.38. The topological polar surface area (TPSA) is 66.6 Å². The van der Waals surface area contributed by atoms with Crippen molar-refractivity contribution in [2.45, 2.75) is 38.6 Å². The van der Waals surface area contributed by atoms with Crippen LogP contribution >= 0.6 is 0 Å². The van der Waals surface area contributed by atoms with Gasteiger partial charge in [0.2, 0.25) is 10.0 Å². The number of piperazine rings is 1. The number of rotatable bonds is 3. The van der Waals surface area contributed by atoms with Crippen molar-refractivity contribution >= 4 is 15.7 Å². The predicted molar refractivity (Wildman–Crippen MR) is 85.8 cm³/mol. The average molecular weight is 311 g/mol. The van der Waals surface area contributed by atoms with Gasteiger partial charge in [-0.15, -0.1) is 0 Å². The zero-order chi connectivity index (χ0) is 15.8. The van der Waals surface area contributed by atoms with E-state index in [1.165, 1.54) is 0 Å². The van der Waals surface area contributed by atoms with Gasteiger partial charge in [-0.1, -0.05) is 6.92 Å². The Hall–Kier alpha value is -1.11. The van der Waals surface area contributed by atoms with Gasteiger partial charge in [0.15, 0.2) is 0 Å². The van der Waals surface area contributed by atoms with Gasteiger partial charge >= 0.3 is 0 Å². The van der Waals surface area contributed by atoms with E-state index in [1.54, 1.807) is 16.4 Å². The number of likely N-dealkylation sites (N-methyl/N-ethyl adjacent to an activating group) is 1. The Balaban J connectivity index is 2.33. The molecule has 21 heavy (non-hydrogen) atoms. The van der Waals surface area contributed by atoms with Crippen LogP contribution < -0.4 is 5.73 Å². The first-order chi connectivity index (χ1) is 9.77. The molecule has 1 heterocycles. The summed E-state index contributed by atoms with van der Waals surface area (Å²) in [6, 6.07) is 3.66. The predicted octanol–water partition coefficient (Wildman–Crippen LogP) is 1.60. The van der Waals surface area contributed by atoms with Crippen molar-refractivity contribution in [3.05, 3.63) is 23.3 Å². The molecule has 0 saturated carbocycles. The molecule has 2 rings (SSSR count). The van der Waals surface area contributed by atoms with Crippen molar-refractivity contribution in [1.82, 2.24) is 9.21 Å². The van der Waals surface area contributed by atoms with Crippen LogP contribution in [0.15, 0.2) is 17.0 Å².